The number of nitrogens with zero attached hydrogens (tertiary/aromatic N) is 2. The molecule has 0 N–H and O–H groups in total. The van der Waals surface area contributed by atoms with Crippen LogP contribution in [0.15, 0.2) is 22.0 Å². The molecule has 0 saturated heterocycles. The number of thiophene rings is 1. The Morgan fingerprint density at radius 3 is 2.88 bits per heavy atom. The lowest BCUT2D eigenvalue weighted by Crippen LogP contribution is -2.02. The lowest BCUT2D eigenvalue weighted by atomic mass is 10.2. The molecule has 5 heteroatoms. The Labute approximate surface area is 118 Å². The molecular formula is C12H12BrClN2S. The van der Waals surface area contributed by atoms with Crippen molar-refractivity contribution in [2.45, 2.75) is 26.2 Å². The Morgan fingerprint density at radius 2 is 2.24 bits per heavy atom. The lowest BCUT2D eigenvalue weighted by Gasteiger charge is -2.06. The average molecular weight is 332 g/mol. The second-order valence-electron chi connectivity index (χ2n) is 3.70. The monoisotopic (exact) mass is 330 g/mol. The van der Waals surface area contributed by atoms with E-state index in [2.05, 4.69) is 44.3 Å². The van der Waals surface area contributed by atoms with E-state index in [-0.39, 0.29) is 0 Å². The molecule has 0 radical (unpaired) electrons. The molecule has 0 saturated carbocycles. The zero-order valence-corrected chi connectivity index (χ0v) is 12.6. The van der Waals surface area contributed by atoms with Gasteiger partial charge in [-0.3, -0.25) is 0 Å². The van der Waals surface area contributed by atoms with Gasteiger partial charge in [0.1, 0.15) is 11.0 Å². The molecule has 0 aliphatic carbocycles. The molecule has 2 aromatic rings. The van der Waals surface area contributed by atoms with Crippen LogP contribution >= 0.6 is 38.9 Å². The van der Waals surface area contributed by atoms with Crippen LogP contribution in [-0.2, 0) is 12.8 Å². The van der Waals surface area contributed by atoms with E-state index in [1.54, 1.807) is 11.3 Å². The van der Waals surface area contributed by atoms with E-state index in [1.165, 1.54) is 4.88 Å². The van der Waals surface area contributed by atoms with E-state index in [0.717, 1.165) is 35.3 Å². The summed E-state index contributed by atoms with van der Waals surface area (Å²) in [7, 11) is 0. The van der Waals surface area contributed by atoms with Crippen molar-refractivity contribution in [1.82, 2.24) is 9.97 Å². The predicted octanol–water partition coefficient (Wildman–Crippen LogP) is 4.50. The van der Waals surface area contributed by atoms with Crippen LogP contribution < -0.4 is 0 Å². The van der Waals surface area contributed by atoms with E-state index in [9.17, 15) is 0 Å². The van der Waals surface area contributed by atoms with Gasteiger partial charge >= 0.3 is 0 Å². The van der Waals surface area contributed by atoms with Crippen LogP contribution in [-0.4, -0.2) is 9.97 Å². The number of aromatic nitrogens is 2. The summed E-state index contributed by atoms with van der Waals surface area (Å²) in [6.07, 6.45) is 2.71. The maximum absolute atomic E-state index is 6.10. The maximum atomic E-state index is 6.10. The van der Waals surface area contributed by atoms with Crippen LogP contribution in [0.2, 0.25) is 5.15 Å². The third kappa shape index (κ3) is 3.27. The summed E-state index contributed by atoms with van der Waals surface area (Å²) in [5.74, 6) is 0.795. The van der Waals surface area contributed by atoms with Crippen molar-refractivity contribution in [3.8, 4) is 0 Å². The fourth-order valence-electron chi connectivity index (χ4n) is 1.56. The molecular weight excluding hydrogens is 320 g/mol. The summed E-state index contributed by atoms with van der Waals surface area (Å²) in [6.45, 7) is 2.13. The first-order chi connectivity index (χ1) is 8.20. The zero-order valence-electron chi connectivity index (χ0n) is 9.41. The topological polar surface area (TPSA) is 25.8 Å². The minimum atomic E-state index is 0.509. The van der Waals surface area contributed by atoms with Crippen molar-refractivity contribution in [3.63, 3.8) is 0 Å². The fraction of sp³-hybridized carbons (Fsp3) is 0.333. The first-order valence-corrected chi connectivity index (χ1v) is 7.49. The molecule has 2 aromatic heterocycles. The standard InChI is InChI=1S/C12H12BrClN2S/c1-2-4-9-11(13)12(14)16-10(15-9)7-8-5-3-6-17-8/h3,5-6H,2,4,7H2,1H3. The summed E-state index contributed by atoms with van der Waals surface area (Å²) in [4.78, 5) is 10.1. The Bertz CT molecular complexity index is 499. The van der Waals surface area contributed by atoms with Gasteiger partial charge in [-0.2, -0.15) is 0 Å². The number of aryl methyl sites for hydroxylation is 1. The van der Waals surface area contributed by atoms with Gasteiger partial charge in [0.25, 0.3) is 0 Å². The third-order valence-electron chi connectivity index (χ3n) is 2.32. The van der Waals surface area contributed by atoms with Crippen molar-refractivity contribution >= 4 is 38.9 Å². The number of halogens is 2. The Kier molecular flexibility index (Phi) is 4.54. The van der Waals surface area contributed by atoms with E-state index in [0.29, 0.717) is 5.15 Å². The van der Waals surface area contributed by atoms with Crippen molar-refractivity contribution in [3.05, 3.63) is 43.5 Å². The summed E-state index contributed by atoms with van der Waals surface area (Å²) < 4.78 is 0.830. The first-order valence-electron chi connectivity index (χ1n) is 5.44. The smallest absolute Gasteiger partial charge is 0.147 e. The van der Waals surface area contributed by atoms with Crippen molar-refractivity contribution in [2.75, 3.05) is 0 Å². The molecule has 17 heavy (non-hydrogen) atoms. The van der Waals surface area contributed by atoms with Crippen LogP contribution in [0.4, 0.5) is 0 Å². The summed E-state index contributed by atoms with van der Waals surface area (Å²) >= 11 is 11.3. The van der Waals surface area contributed by atoms with E-state index in [1.807, 2.05) is 6.07 Å². The van der Waals surface area contributed by atoms with Gasteiger partial charge in [-0.25, -0.2) is 9.97 Å². The van der Waals surface area contributed by atoms with Gasteiger partial charge in [0.2, 0.25) is 0 Å². The molecule has 90 valence electrons. The second-order valence-corrected chi connectivity index (χ2v) is 5.88. The summed E-state index contributed by atoms with van der Waals surface area (Å²) in [6, 6.07) is 4.12. The van der Waals surface area contributed by atoms with Crippen LogP contribution in [0.3, 0.4) is 0 Å². The number of hydrogen-bond acceptors (Lipinski definition) is 3. The minimum Gasteiger partial charge on any atom is -0.236 e. The molecule has 0 spiro atoms. The quantitative estimate of drug-likeness (QED) is 0.771. The molecule has 2 nitrogen and oxygen atoms in total. The molecule has 0 atom stereocenters. The van der Waals surface area contributed by atoms with E-state index >= 15 is 0 Å². The number of rotatable bonds is 4. The van der Waals surface area contributed by atoms with Crippen molar-refractivity contribution < 1.29 is 0 Å². The zero-order chi connectivity index (χ0) is 12.3. The van der Waals surface area contributed by atoms with Crippen LogP contribution in [0.5, 0.6) is 0 Å². The molecule has 0 bridgehead atoms. The van der Waals surface area contributed by atoms with Crippen LogP contribution in [0.25, 0.3) is 0 Å². The molecule has 0 aliphatic rings. The average Bonchev–Trinajstić information content (AvgIpc) is 2.78. The highest BCUT2D eigenvalue weighted by Crippen LogP contribution is 2.25. The van der Waals surface area contributed by atoms with Gasteiger partial charge < -0.3 is 0 Å². The number of hydrogen-bond donors (Lipinski definition) is 0. The highest BCUT2D eigenvalue weighted by atomic mass is 79.9. The second kappa shape index (κ2) is 5.94. The van der Waals surface area contributed by atoms with Crippen LogP contribution in [0, 0.1) is 0 Å². The maximum Gasteiger partial charge on any atom is 0.147 e. The van der Waals surface area contributed by atoms with Crippen molar-refractivity contribution in [1.29, 1.82) is 0 Å². The minimum absolute atomic E-state index is 0.509. The third-order valence-corrected chi connectivity index (χ3v) is 4.54. The molecule has 0 amide bonds. The largest absolute Gasteiger partial charge is 0.236 e. The SMILES string of the molecule is CCCc1nc(Cc2cccs2)nc(Cl)c1Br. The summed E-state index contributed by atoms with van der Waals surface area (Å²) in [5.41, 5.74) is 0.999. The van der Waals surface area contributed by atoms with Gasteiger partial charge in [0.15, 0.2) is 0 Å². The lowest BCUT2D eigenvalue weighted by molar-refractivity contribution is 0.836. The van der Waals surface area contributed by atoms with Crippen LogP contribution in [0.1, 0.15) is 29.7 Å². The summed E-state index contributed by atoms with van der Waals surface area (Å²) in [5, 5.41) is 2.57. The highest BCUT2D eigenvalue weighted by Gasteiger charge is 2.10. The van der Waals surface area contributed by atoms with Gasteiger partial charge in [-0.05, 0) is 33.8 Å². The Hall–Kier alpha value is -0.450. The fourth-order valence-corrected chi connectivity index (χ4v) is 2.85. The molecule has 0 aromatic carbocycles. The molecule has 0 fully saturated rings. The highest BCUT2D eigenvalue weighted by molar-refractivity contribution is 9.10. The Morgan fingerprint density at radius 1 is 1.41 bits per heavy atom. The van der Waals surface area contributed by atoms with Gasteiger partial charge in [0, 0.05) is 11.3 Å². The Balaban J connectivity index is 2.28. The van der Waals surface area contributed by atoms with Crippen molar-refractivity contribution in [2.24, 2.45) is 0 Å². The molecule has 0 unspecified atom stereocenters. The van der Waals surface area contributed by atoms with Gasteiger partial charge in [-0.15, -0.1) is 11.3 Å². The normalized spacial score (nSPS) is 10.8. The van der Waals surface area contributed by atoms with Gasteiger partial charge in [-0.1, -0.05) is 31.0 Å². The molecule has 0 aliphatic heterocycles. The molecule has 2 rings (SSSR count). The first kappa shape index (κ1) is 13.0. The van der Waals surface area contributed by atoms with E-state index < -0.39 is 0 Å². The molecule has 2 heterocycles. The predicted molar refractivity (Wildman–Crippen MR) is 75.9 cm³/mol. The van der Waals surface area contributed by atoms with E-state index in [4.69, 9.17) is 11.6 Å². The van der Waals surface area contributed by atoms with Gasteiger partial charge in [0.05, 0.1) is 10.2 Å².